The third-order valence-corrected chi connectivity index (χ3v) is 4.29. The van der Waals surface area contributed by atoms with Crippen LogP contribution in [0.5, 0.6) is 5.75 Å². The Morgan fingerprint density at radius 1 is 1.25 bits per heavy atom. The molecule has 0 unspecified atom stereocenters. The second kappa shape index (κ2) is 7.05. The fraction of sp³-hybridized carbons (Fsp3) is 0.353. The van der Waals surface area contributed by atoms with Gasteiger partial charge in [0.05, 0.1) is 6.33 Å². The van der Waals surface area contributed by atoms with E-state index in [4.69, 9.17) is 16.3 Å². The minimum atomic E-state index is -0.241. The summed E-state index contributed by atoms with van der Waals surface area (Å²) in [5, 5.41) is 0.671. The van der Waals surface area contributed by atoms with E-state index in [-0.39, 0.29) is 23.3 Å². The smallest absolute Gasteiger partial charge is 0.272 e. The Bertz CT molecular complexity index is 780. The van der Waals surface area contributed by atoms with Gasteiger partial charge in [-0.05, 0) is 24.3 Å². The summed E-state index contributed by atoms with van der Waals surface area (Å²) in [4.78, 5) is 29.8. The largest absolute Gasteiger partial charge is 0.490 e. The molecular formula is C17H18ClN3O3. The number of aromatic nitrogens is 2. The van der Waals surface area contributed by atoms with Crippen molar-refractivity contribution in [2.75, 3.05) is 13.1 Å². The fourth-order valence-corrected chi connectivity index (χ4v) is 2.75. The Hall–Kier alpha value is -2.34. The van der Waals surface area contributed by atoms with Crippen molar-refractivity contribution in [2.24, 2.45) is 7.05 Å². The summed E-state index contributed by atoms with van der Waals surface area (Å²) in [5.74, 6) is 0.565. The number of hydrogen-bond donors (Lipinski definition) is 0. The predicted octanol–water partition coefficient (Wildman–Crippen LogP) is 2.12. The fourth-order valence-electron chi connectivity index (χ4n) is 2.62. The van der Waals surface area contributed by atoms with Crippen LogP contribution in [0.2, 0.25) is 5.02 Å². The van der Waals surface area contributed by atoms with E-state index in [0.29, 0.717) is 18.1 Å². The van der Waals surface area contributed by atoms with E-state index in [9.17, 15) is 9.59 Å². The first-order valence-electron chi connectivity index (χ1n) is 7.77. The molecule has 7 heteroatoms. The van der Waals surface area contributed by atoms with E-state index in [0.717, 1.165) is 18.6 Å². The van der Waals surface area contributed by atoms with E-state index in [2.05, 4.69) is 4.98 Å². The predicted molar refractivity (Wildman–Crippen MR) is 90.5 cm³/mol. The van der Waals surface area contributed by atoms with Gasteiger partial charge in [0, 0.05) is 44.1 Å². The maximum absolute atomic E-state index is 12.4. The molecular weight excluding hydrogens is 330 g/mol. The van der Waals surface area contributed by atoms with E-state index in [1.807, 2.05) is 12.1 Å². The highest BCUT2D eigenvalue weighted by Gasteiger charge is 2.25. The standard InChI is InChI=1S/C17H18ClN3O3/c1-20-11-19-15(10-16(20)22)17(23)21-8-6-14(7-9-21)24-13-4-2-12(18)3-5-13/h2-5,10-11,14H,6-9H2,1H3. The summed E-state index contributed by atoms with van der Waals surface area (Å²) < 4.78 is 7.25. The van der Waals surface area contributed by atoms with Crippen LogP contribution in [0.15, 0.2) is 41.5 Å². The van der Waals surface area contributed by atoms with Gasteiger partial charge in [-0.1, -0.05) is 11.6 Å². The molecule has 1 aromatic heterocycles. The maximum Gasteiger partial charge on any atom is 0.272 e. The number of carbonyl (C=O) groups is 1. The van der Waals surface area contributed by atoms with Crippen molar-refractivity contribution in [3.8, 4) is 5.75 Å². The Morgan fingerprint density at radius 3 is 2.54 bits per heavy atom. The Kier molecular flexibility index (Phi) is 4.85. The Balaban J connectivity index is 1.58. The van der Waals surface area contributed by atoms with Crippen LogP contribution in [0.25, 0.3) is 0 Å². The zero-order chi connectivity index (χ0) is 17.1. The lowest BCUT2D eigenvalue weighted by atomic mass is 10.1. The van der Waals surface area contributed by atoms with E-state index in [1.54, 1.807) is 24.1 Å². The second-order valence-electron chi connectivity index (χ2n) is 5.79. The maximum atomic E-state index is 12.4. The van der Waals surface area contributed by atoms with Gasteiger partial charge in [0.2, 0.25) is 0 Å². The van der Waals surface area contributed by atoms with Gasteiger partial charge in [0.25, 0.3) is 11.5 Å². The quantitative estimate of drug-likeness (QED) is 0.853. The van der Waals surface area contributed by atoms with Crippen LogP contribution in [-0.2, 0) is 7.05 Å². The summed E-state index contributed by atoms with van der Waals surface area (Å²) in [6, 6.07) is 8.53. The first-order valence-corrected chi connectivity index (χ1v) is 8.15. The average Bonchev–Trinajstić information content (AvgIpc) is 2.59. The molecule has 1 amide bonds. The number of piperidine rings is 1. The van der Waals surface area contributed by atoms with Crippen molar-refractivity contribution < 1.29 is 9.53 Å². The molecule has 24 heavy (non-hydrogen) atoms. The van der Waals surface area contributed by atoms with Gasteiger partial charge in [-0.25, -0.2) is 4.98 Å². The third-order valence-electron chi connectivity index (χ3n) is 4.04. The summed E-state index contributed by atoms with van der Waals surface area (Å²) in [6.07, 6.45) is 2.90. The van der Waals surface area contributed by atoms with Crippen LogP contribution in [0.3, 0.4) is 0 Å². The van der Waals surface area contributed by atoms with E-state index >= 15 is 0 Å². The number of carbonyl (C=O) groups excluding carboxylic acids is 1. The third kappa shape index (κ3) is 3.76. The highest BCUT2D eigenvalue weighted by atomic mass is 35.5. The molecule has 0 spiro atoms. The molecule has 2 aromatic rings. The number of nitrogens with zero attached hydrogens (tertiary/aromatic N) is 3. The van der Waals surface area contributed by atoms with Gasteiger partial charge < -0.3 is 14.2 Å². The van der Waals surface area contributed by atoms with Crippen LogP contribution >= 0.6 is 11.6 Å². The van der Waals surface area contributed by atoms with Gasteiger partial charge in [-0.3, -0.25) is 9.59 Å². The second-order valence-corrected chi connectivity index (χ2v) is 6.22. The van der Waals surface area contributed by atoms with Gasteiger partial charge in [-0.15, -0.1) is 0 Å². The van der Waals surface area contributed by atoms with Gasteiger partial charge in [0.15, 0.2) is 0 Å². The van der Waals surface area contributed by atoms with Crippen LogP contribution in [0.4, 0.5) is 0 Å². The topological polar surface area (TPSA) is 64.4 Å². The molecule has 6 nitrogen and oxygen atoms in total. The van der Waals surface area contributed by atoms with Crippen molar-refractivity contribution in [3.63, 3.8) is 0 Å². The summed E-state index contributed by atoms with van der Waals surface area (Å²) in [6.45, 7) is 1.15. The number of aryl methyl sites for hydroxylation is 1. The van der Waals surface area contributed by atoms with Crippen LogP contribution in [0, 0.1) is 0 Å². The molecule has 0 bridgehead atoms. The molecule has 1 saturated heterocycles. The molecule has 0 radical (unpaired) electrons. The molecule has 0 atom stereocenters. The SMILES string of the molecule is Cn1cnc(C(=O)N2CCC(Oc3ccc(Cl)cc3)CC2)cc1=O. The first-order chi connectivity index (χ1) is 11.5. The molecule has 0 saturated carbocycles. The van der Waals surface area contributed by atoms with E-state index < -0.39 is 0 Å². The lowest BCUT2D eigenvalue weighted by molar-refractivity contribution is 0.0589. The first kappa shape index (κ1) is 16.5. The number of rotatable bonds is 3. The zero-order valence-electron chi connectivity index (χ0n) is 13.3. The van der Waals surface area contributed by atoms with Crippen molar-refractivity contribution in [1.82, 2.24) is 14.5 Å². The molecule has 1 aromatic carbocycles. The summed E-state index contributed by atoms with van der Waals surface area (Å²) >= 11 is 5.86. The van der Waals surface area contributed by atoms with Crippen LogP contribution < -0.4 is 10.3 Å². The monoisotopic (exact) mass is 347 g/mol. The zero-order valence-corrected chi connectivity index (χ0v) is 14.1. The number of benzene rings is 1. The van der Waals surface area contributed by atoms with Gasteiger partial charge >= 0.3 is 0 Å². The molecule has 1 aliphatic heterocycles. The van der Waals surface area contributed by atoms with Crippen molar-refractivity contribution in [3.05, 3.63) is 57.7 Å². The number of amides is 1. The van der Waals surface area contributed by atoms with E-state index in [1.165, 1.54) is 17.0 Å². The molecule has 2 heterocycles. The number of halogens is 1. The van der Waals surface area contributed by atoms with Crippen LogP contribution in [-0.4, -0.2) is 39.6 Å². The van der Waals surface area contributed by atoms with Crippen molar-refractivity contribution >= 4 is 17.5 Å². The van der Waals surface area contributed by atoms with Crippen molar-refractivity contribution in [1.29, 1.82) is 0 Å². The average molecular weight is 348 g/mol. The number of hydrogen-bond acceptors (Lipinski definition) is 4. The minimum absolute atomic E-state index is 0.0619. The molecule has 1 aliphatic rings. The summed E-state index contributed by atoms with van der Waals surface area (Å²) in [7, 11) is 1.60. The lowest BCUT2D eigenvalue weighted by Crippen LogP contribution is -2.42. The lowest BCUT2D eigenvalue weighted by Gasteiger charge is -2.32. The number of ether oxygens (including phenoxy) is 1. The summed E-state index contributed by atoms with van der Waals surface area (Å²) in [5.41, 5.74) is -0.0514. The molecule has 126 valence electrons. The Morgan fingerprint density at radius 2 is 1.92 bits per heavy atom. The minimum Gasteiger partial charge on any atom is -0.490 e. The molecule has 0 N–H and O–H groups in total. The molecule has 3 rings (SSSR count). The van der Waals surface area contributed by atoms with Crippen molar-refractivity contribution in [2.45, 2.75) is 18.9 Å². The molecule has 0 aliphatic carbocycles. The highest BCUT2D eigenvalue weighted by molar-refractivity contribution is 6.30. The van der Waals surface area contributed by atoms with Crippen LogP contribution in [0.1, 0.15) is 23.3 Å². The highest BCUT2D eigenvalue weighted by Crippen LogP contribution is 2.21. The number of likely N-dealkylation sites (tertiary alicyclic amines) is 1. The normalized spacial score (nSPS) is 15.3. The molecule has 1 fully saturated rings. The van der Waals surface area contributed by atoms with Gasteiger partial charge in [-0.2, -0.15) is 0 Å². The van der Waals surface area contributed by atoms with Gasteiger partial charge in [0.1, 0.15) is 17.5 Å². The Labute approximate surface area is 144 Å².